The van der Waals surface area contributed by atoms with Crippen molar-refractivity contribution in [2.75, 3.05) is 14.2 Å². The maximum absolute atomic E-state index is 10.8. The summed E-state index contributed by atoms with van der Waals surface area (Å²) in [6, 6.07) is 5.57. The molecule has 0 heterocycles. The summed E-state index contributed by atoms with van der Waals surface area (Å²) in [5, 5.41) is 8.90. The van der Waals surface area contributed by atoms with E-state index in [1.807, 2.05) is 25.1 Å². The molecule has 1 unspecified atom stereocenters. The molecule has 0 radical (unpaired) electrons. The molecule has 0 fully saturated rings. The summed E-state index contributed by atoms with van der Waals surface area (Å²) in [6.07, 6.45) is -0.472. The van der Waals surface area contributed by atoms with Gasteiger partial charge < -0.3 is 14.6 Å². The second kappa shape index (κ2) is 5.51. The highest BCUT2D eigenvalue weighted by atomic mass is 16.5. The van der Waals surface area contributed by atoms with Gasteiger partial charge >= 0.3 is 5.97 Å². The summed E-state index contributed by atoms with van der Waals surface area (Å²) in [5.41, 5.74) is 1.88. The van der Waals surface area contributed by atoms with Crippen LogP contribution in [-0.2, 0) is 16.0 Å². The van der Waals surface area contributed by atoms with E-state index >= 15 is 0 Å². The fraction of sp³-hybridized carbons (Fsp3) is 0.417. The molecule has 1 atom stereocenters. The predicted molar refractivity (Wildman–Crippen MR) is 59.9 cm³/mol. The van der Waals surface area contributed by atoms with Crippen LogP contribution in [0.2, 0.25) is 0 Å². The first-order valence-corrected chi connectivity index (χ1v) is 4.98. The number of carboxylic acids is 1. The van der Waals surface area contributed by atoms with Crippen molar-refractivity contribution in [2.24, 2.45) is 0 Å². The summed E-state index contributed by atoms with van der Waals surface area (Å²) >= 11 is 0. The van der Waals surface area contributed by atoms with Crippen molar-refractivity contribution in [3.05, 3.63) is 29.3 Å². The van der Waals surface area contributed by atoms with E-state index in [1.54, 1.807) is 7.11 Å². The third kappa shape index (κ3) is 2.73. The lowest BCUT2D eigenvalue weighted by atomic mass is 10.0. The van der Waals surface area contributed by atoms with Gasteiger partial charge in [0, 0.05) is 13.5 Å². The van der Waals surface area contributed by atoms with Crippen LogP contribution >= 0.6 is 0 Å². The standard InChI is InChI=1S/C12H16O4/c1-8-9(5-4-6-10(8)15-2)7-11(16-3)12(13)14/h4-6,11H,7H2,1-3H3,(H,13,14). The van der Waals surface area contributed by atoms with Crippen molar-refractivity contribution < 1.29 is 19.4 Å². The molecule has 0 amide bonds. The number of rotatable bonds is 5. The van der Waals surface area contributed by atoms with Gasteiger partial charge in [0.1, 0.15) is 5.75 Å². The summed E-state index contributed by atoms with van der Waals surface area (Å²) in [6.45, 7) is 1.91. The monoisotopic (exact) mass is 224 g/mol. The largest absolute Gasteiger partial charge is 0.496 e. The molecule has 0 aliphatic rings. The van der Waals surface area contributed by atoms with Gasteiger partial charge in [-0.15, -0.1) is 0 Å². The molecule has 0 aliphatic heterocycles. The fourth-order valence-corrected chi connectivity index (χ4v) is 1.57. The Morgan fingerprint density at radius 1 is 1.44 bits per heavy atom. The molecule has 0 bridgehead atoms. The molecule has 0 aromatic heterocycles. The number of methoxy groups -OCH3 is 2. The molecular formula is C12H16O4. The van der Waals surface area contributed by atoms with Gasteiger partial charge in [-0.05, 0) is 24.1 Å². The molecular weight excluding hydrogens is 208 g/mol. The van der Waals surface area contributed by atoms with E-state index < -0.39 is 12.1 Å². The first kappa shape index (κ1) is 12.5. The molecule has 0 spiro atoms. The second-order valence-electron chi connectivity index (χ2n) is 3.51. The predicted octanol–water partition coefficient (Wildman–Crippen LogP) is 1.65. The average molecular weight is 224 g/mol. The van der Waals surface area contributed by atoms with Gasteiger partial charge in [-0.25, -0.2) is 4.79 Å². The minimum atomic E-state index is -0.954. The topological polar surface area (TPSA) is 55.8 Å². The maximum atomic E-state index is 10.8. The van der Waals surface area contributed by atoms with Crippen LogP contribution in [0.1, 0.15) is 11.1 Å². The second-order valence-corrected chi connectivity index (χ2v) is 3.51. The number of benzene rings is 1. The van der Waals surface area contributed by atoms with Crippen LogP contribution in [0.5, 0.6) is 5.75 Å². The van der Waals surface area contributed by atoms with Crippen LogP contribution in [0.4, 0.5) is 0 Å². The van der Waals surface area contributed by atoms with Gasteiger partial charge in [0.15, 0.2) is 6.10 Å². The number of ether oxygens (including phenoxy) is 2. The summed E-state index contributed by atoms with van der Waals surface area (Å²) in [7, 11) is 2.99. The normalized spacial score (nSPS) is 12.2. The lowest BCUT2D eigenvalue weighted by Gasteiger charge is -2.14. The molecule has 88 valence electrons. The number of carboxylic acid groups (broad SMARTS) is 1. The van der Waals surface area contributed by atoms with Crippen molar-refractivity contribution >= 4 is 5.97 Å². The van der Waals surface area contributed by atoms with Crippen molar-refractivity contribution in [1.82, 2.24) is 0 Å². The highest BCUT2D eigenvalue weighted by Crippen LogP contribution is 2.22. The molecule has 4 nitrogen and oxygen atoms in total. The smallest absolute Gasteiger partial charge is 0.333 e. The van der Waals surface area contributed by atoms with E-state index in [0.29, 0.717) is 6.42 Å². The maximum Gasteiger partial charge on any atom is 0.333 e. The number of hydrogen-bond donors (Lipinski definition) is 1. The Hall–Kier alpha value is -1.55. The molecule has 1 rings (SSSR count). The van der Waals surface area contributed by atoms with Crippen molar-refractivity contribution in [3.63, 3.8) is 0 Å². The van der Waals surface area contributed by atoms with Crippen LogP contribution in [0, 0.1) is 6.92 Å². The van der Waals surface area contributed by atoms with E-state index in [4.69, 9.17) is 14.6 Å². The average Bonchev–Trinajstić information content (AvgIpc) is 2.27. The number of hydrogen-bond acceptors (Lipinski definition) is 3. The highest BCUT2D eigenvalue weighted by molar-refractivity contribution is 5.72. The van der Waals surface area contributed by atoms with Crippen molar-refractivity contribution in [3.8, 4) is 5.75 Å². The molecule has 1 N–H and O–H groups in total. The summed E-state index contributed by atoms with van der Waals surface area (Å²) in [5.74, 6) is -0.192. The summed E-state index contributed by atoms with van der Waals surface area (Å²) < 4.78 is 10.1. The molecule has 0 aliphatic carbocycles. The Balaban J connectivity index is 2.92. The molecule has 1 aromatic carbocycles. The van der Waals surface area contributed by atoms with Crippen molar-refractivity contribution in [2.45, 2.75) is 19.4 Å². The third-order valence-electron chi connectivity index (χ3n) is 2.58. The van der Waals surface area contributed by atoms with E-state index in [0.717, 1.165) is 16.9 Å². The van der Waals surface area contributed by atoms with Crippen LogP contribution in [-0.4, -0.2) is 31.4 Å². The minimum absolute atomic E-state index is 0.342. The number of carbonyl (C=O) groups is 1. The number of aliphatic carboxylic acids is 1. The Kier molecular flexibility index (Phi) is 4.31. The Labute approximate surface area is 94.8 Å². The Bertz CT molecular complexity index is 373. The van der Waals surface area contributed by atoms with Gasteiger partial charge in [0.2, 0.25) is 0 Å². The molecule has 16 heavy (non-hydrogen) atoms. The fourth-order valence-electron chi connectivity index (χ4n) is 1.57. The molecule has 0 saturated carbocycles. The quantitative estimate of drug-likeness (QED) is 0.826. The highest BCUT2D eigenvalue weighted by Gasteiger charge is 2.18. The molecule has 1 aromatic rings. The molecule has 4 heteroatoms. The van der Waals surface area contributed by atoms with Crippen molar-refractivity contribution in [1.29, 1.82) is 0 Å². The van der Waals surface area contributed by atoms with Crippen LogP contribution in [0.25, 0.3) is 0 Å². The zero-order chi connectivity index (χ0) is 12.1. The van der Waals surface area contributed by atoms with E-state index in [-0.39, 0.29) is 0 Å². The lowest BCUT2D eigenvalue weighted by Crippen LogP contribution is -2.25. The van der Waals surface area contributed by atoms with Gasteiger partial charge in [0.05, 0.1) is 7.11 Å². The van der Waals surface area contributed by atoms with E-state index in [2.05, 4.69) is 0 Å². The SMILES string of the molecule is COc1cccc(CC(OC)C(=O)O)c1C. The first-order chi connectivity index (χ1) is 7.60. The third-order valence-corrected chi connectivity index (χ3v) is 2.58. The zero-order valence-electron chi connectivity index (χ0n) is 9.69. The van der Waals surface area contributed by atoms with Gasteiger partial charge in [-0.1, -0.05) is 12.1 Å². The van der Waals surface area contributed by atoms with Gasteiger partial charge in [0.25, 0.3) is 0 Å². The minimum Gasteiger partial charge on any atom is -0.496 e. The zero-order valence-corrected chi connectivity index (χ0v) is 9.69. The van der Waals surface area contributed by atoms with Crippen LogP contribution in [0.3, 0.4) is 0 Å². The Morgan fingerprint density at radius 2 is 2.12 bits per heavy atom. The first-order valence-electron chi connectivity index (χ1n) is 4.98. The Morgan fingerprint density at radius 3 is 2.62 bits per heavy atom. The van der Waals surface area contributed by atoms with Crippen LogP contribution < -0.4 is 4.74 Å². The lowest BCUT2D eigenvalue weighted by molar-refractivity contribution is -0.148. The molecule has 0 saturated heterocycles. The van der Waals surface area contributed by atoms with E-state index in [9.17, 15) is 4.79 Å². The van der Waals surface area contributed by atoms with Gasteiger partial charge in [-0.2, -0.15) is 0 Å². The van der Waals surface area contributed by atoms with Crippen LogP contribution in [0.15, 0.2) is 18.2 Å². The van der Waals surface area contributed by atoms with E-state index in [1.165, 1.54) is 7.11 Å². The van der Waals surface area contributed by atoms with Gasteiger partial charge in [-0.3, -0.25) is 0 Å². The summed E-state index contributed by atoms with van der Waals surface area (Å²) in [4.78, 5) is 10.8.